The van der Waals surface area contributed by atoms with Crippen LogP contribution in [0.5, 0.6) is 23.0 Å². The molecule has 15 heteroatoms. The summed E-state index contributed by atoms with van der Waals surface area (Å²) >= 11 is 0.966. The minimum absolute atomic E-state index is 0.0312. The zero-order chi connectivity index (χ0) is 35.4. The van der Waals surface area contributed by atoms with Gasteiger partial charge in [-0.2, -0.15) is 0 Å². The highest BCUT2D eigenvalue weighted by Gasteiger charge is 2.41. The molecule has 2 heterocycles. The minimum Gasteiger partial charge on any atom is -0.493 e. The number of carbonyl (C=O) groups is 2. The van der Waals surface area contributed by atoms with Crippen LogP contribution in [0.15, 0.2) is 71.0 Å². The molecule has 1 unspecified atom stereocenters. The molecule has 3 N–H and O–H groups in total. The summed E-state index contributed by atoms with van der Waals surface area (Å²) in [5, 5.41) is 14.2. The standard InChI is InChI=1S/C34H32N4O10S/c1-6-48-34(41)27-26(21-11-8-12-23(45-3)29(21)47-5)28(31(39)36-19-9-7-10-20(17-19)38(42)43)33-37(30(27)35)32(40)25(49-33)16-18-13-14-22(44-2)24(15-18)46-4/h7-17,26H,6,35H2,1-5H3,(H,36,39)/b25-16-. The van der Waals surface area contributed by atoms with Crippen molar-refractivity contribution < 1.29 is 38.2 Å². The third-order valence-electron chi connectivity index (χ3n) is 7.65. The summed E-state index contributed by atoms with van der Waals surface area (Å²) in [6.07, 6.45) is 1.59. The number of nitro groups is 1. The highest BCUT2D eigenvalue weighted by Crippen LogP contribution is 2.45. The maximum Gasteiger partial charge on any atom is 0.338 e. The van der Waals surface area contributed by atoms with Crippen LogP contribution in [0.3, 0.4) is 0 Å². The average molecular weight is 689 g/mol. The van der Waals surface area contributed by atoms with Crippen molar-refractivity contribution in [3.05, 3.63) is 107 Å². The van der Waals surface area contributed by atoms with Gasteiger partial charge in [0.1, 0.15) is 10.5 Å². The number of esters is 1. The Bertz CT molecular complexity index is 2190. The van der Waals surface area contributed by atoms with Crippen molar-refractivity contribution >= 4 is 52.1 Å². The molecule has 1 amide bonds. The molecule has 4 aromatic rings. The van der Waals surface area contributed by atoms with Crippen molar-refractivity contribution in [2.24, 2.45) is 5.73 Å². The van der Waals surface area contributed by atoms with Gasteiger partial charge in [-0.15, -0.1) is 11.3 Å². The number of methoxy groups -OCH3 is 4. The van der Waals surface area contributed by atoms with Crippen molar-refractivity contribution in [1.29, 1.82) is 0 Å². The number of nitrogens with one attached hydrogen (secondary N) is 1. The van der Waals surface area contributed by atoms with Gasteiger partial charge in [0.25, 0.3) is 17.2 Å². The van der Waals surface area contributed by atoms with E-state index in [4.69, 9.17) is 29.4 Å². The van der Waals surface area contributed by atoms with Crippen LogP contribution in [0, 0.1) is 10.1 Å². The SMILES string of the molecule is CCOC(=O)C1=C(N)n2c(s/c(=C\c3ccc(OC)c(OC)c3)c2=O)=C(C(=O)Nc2cccc([N+](=O)[O-])c2)C1c1cccc(OC)c1OC. The lowest BCUT2D eigenvalue weighted by Crippen LogP contribution is -2.42. The number of anilines is 1. The fourth-order valence-corrected chi connectivity index (χ4v) is 6.69. The van der Waals surface area contributed by atoms with Crippen molar-refractivity contribution in [1.82, 2.24) is 4.57 Å². The van der Waals surface area contributed by atoms with Gasteiger partial charge in [0.15, 0.2) is 23.0 Å². The predicted octanol–water partition coefficient (Wildman–Crippen LogP) is 2.96. The molecule has 0 aliphatic carbocycles. The number of nitrogens with two attached hydrogens (primary N) is 1. The van der Waals surface area contributed by atoms with Crippen LogP contribution in [-0.4, -0.2) is 56.4 Å². The summed E-state index contributed by atoms with van der Waals surface area (Å²) in [6, 6.07) is 15.4. The Hall–Kier alpha value is -6.09. The number of hydrogen-bond donors (Lipinski definition) is 2. The molecular weight excluding hydrogens is 656 g/mol. The number of para-hydroxylation sites is 1. The third kappa shape index (κ3) is 6.43. The molecule has 14 nitrogen and oxygen atoms in total. The smallest absolute Gasteiger partial charge is 0.338 e. The fraction of sp³-hybridized carbons (Fsp3) is 0.206. The lowest BCUT2D eigenvalue weighted by Gasteiger charge is -2.29. The van der Waals surface area contributed by atoms with E-state index in [-0.39, 0.29) is 49.9 Å². The number of aromatic nitrogens is 1. The first-order valence-electron chi connectivity index (χ1n) is 14.7. The first-order valence-corrected chi connectivity index (χ1v) is 15.5. The molecule has 0 saturated heterocycles. The van der Waals surface area contributed by atoms with Gasteiger partial charge in [-0.1, -0.05) is 24.3 Å². The Morgan fingerprint density at radius 3 is 2.33 bits per heavy atom. The topological polar surface area (TPSA) is 183 Å². The molecule has 1 atom stereocenters. The van der Waals surface area contributed by atoms with Crippen LogP contribution in [-0.2, 0) is 14.3 Å². The lowest BCUT2D eigenvalue weighted by atomic mass is 9.82. The second-order valence-electron chi connectivity index (χ2n) is 10.4. The highest BCUT2D eigenvalue weighted by atomic mass is 32.1. The van der Waals surface area contributed by atoms with Crippen LogP contribution in [0.2, 0.25) is 0 Å². The Morgan fingerprint density at radius 2 is 1.67 bits per heavy atom. The summed E-state index contributed by atoms with van der Waals surface area (Å²) in [4.78, 5) is 53.2. The van der Waals surface area contributed by atoms with E-state index in [0.29, 0.717) is 28.4 Å². The van der Waals surface area contributed by atoms with Crippen LogP contribution < -0.4 is 44.8 Å². The number of nitro benzene ring substituents is 1. The summed E-state index contributed by atoms with van der Waals surface area (Å²) < 4.78 is 28.8. The Labute approximate surface area is 283 Å². The average Bonchev–Trinajstić information content (AvgIpc) is 3.42. The Morgan fingerprint density at radius 1 is 0.959 bits per heavy atom. The largest absolute Gasteiger partial charge is 0.493 e. The second-order valence-corrected chi connectivity index (χ2v) is 11.4. The number of ether oxygens (including phenoxy) is 5. The predicted molar refractivity (Wildman–Crippen MR) is 182 cm³/mol. The zero-order valence-corrected chi connectivity index (χ0v) is 27.9. The van der Waals surface area contributed by atoms with E-state index in [1.807, 2.05) is 0 Å². The first-order chi connectivity index (χ1) is 23.6. The molecule has 3 aromatic carbocycles. The molecule has 0 fully saturated rings. The quantitative estimate of drug-likeness (QED) is 0.134. The van der Waals surface area contributed by atoms with E-state index in [9.17, 15) is 24.5 Å². The number of fused-ring (bicyclic) bond motifs is 1. The van der Waals surface area contributed by atoms with Crippen molar-refractivity contribution in [2.75, 3.05) is 40.4 Å². The summed E-state index contributed by atoms with van der Waals surface area (Å²) in [5.74, 6) is -1.71. The van der Waals surface area contributed by atoms with Crippen molar-refractivity contribution in [3.8, 4) is 23.0 Å². The monoisotopic (exact) mass is 688 g/mol. The zero-order valence-electron chi connectivity index (χ0n) is 27.1. The van der Waals surface area contributed by atoms with E-state index < -0.39 is 28.3 Å². The van der Waals surface area contributed by atoms with Gasteiger partial charge >= 0.3 is 5.97 Å². The normalized spacial score (nSPS) is 14.2. The molecule has 254 valence electrons. The van der Waals surface area contributed by atoms with Crippen LogP contribution in [0.4, 0.5) is 11.4 Å². The molecule has 0 spiro atoms. The van der Waals surface area contributed by atoms with Gasteiger partial charge in [-0.3, -0.25) is 24.3 Å². The molecule has 0 radical (unpaired) electrons. The number of benzene rings is 3. The van der Waals surface area contributed by atoms with Crippen molar-refractivity contribution in [2.45, 2.75) is 12.8 Å². The van der Waals surface area contributed by atoms with Gasteiger partial charge in [-0.25, -0.2) is 4.79 Å². The Balaban J connectivity index is 1.87. The summed E-state index contributed by atoms with van der Waals surface area (Å²) in [5.41, 5.74) is 6.55. The molecule has 0 saturated carbocycles. The van der Waals surface area contributed by atoms with Gasteiger partial charge in [0, 0.05) is 23.4 Å². The molecular formula is C34H32N4O10S. The minimum atomic E-state index is -1.24. The van der Waals surface area contributed by atoms with Crippen molar-refractivity contribution in [3.63, 3.8) is 0 Å². The third-order valence-corrected chi connectivity index (χ3v) is 8.76. The summed E-state index contributed by atoms with van der Waals surface area (Å²) in [7, 11) is 5.82. The summed E-state index contributed by atoms with van der Waals surface area (Å²) in [6.45, 7) is 1.58. The van der Waals surface area contributed by atoms with E-state index in [2.05, 4.69) is 5.32 Å². The number of rotatable bonds is 11. The van der Waals surface area contributed by atoms with Gasteiger partial charge in [-0.05, 0) is 42.8 Å². The van der Waals surface area contributed by atoms with Crippen LogP contribution >= 0.6 is 11.3 Å². The van der Waals surface area contributed by atoms with Crippen LogP contribution in [0.25, 0.3) is 17.5 Å². The van der Waals surface area contributed by atoms with Gasteiger partial charge < -0.3 is 34.7 Å². The van der Waals surface area contributed by atoms with E-state index in [0.717, 1.165) is 15.9 Å². The molecule has 1 aromatic heterocycles. The second kappa shape index (κ2) is 14.4. The fourth-order valence-electron chi connectivity index (χ4n) is 5.52. The molecule has 0 bridgehead atoms. The first kappa shape index (κ1) is 34.3. The number of thiazole rings is 1. The van der Waals surface area contributed by atoms with E-state index in [1.54, 1.807) is 49.4 Å². The van der Waals surface area contributed by atoms with E-state index >= 15 is 0 Å². The number of nitrogens with zero attached hydrogens (tertiary/aromatic N) is 2. The number of hydrogen-bond acceptors (Lipinski definition) is 12. The number of non-ortho nitro benzene ring substituents is 1. The maximum absolute atomic E-state index is 14.5. The maximum atomic E-state index is 14.5. The number of carbonyl (C=O) groups excluding carboxylic acids is 2. The van der Waals surface area contributed by atoms with E-state index in [1.165, 1.54) is 52.7 Å². The number of amides is 1. The molecule has 1 aliphatic heterocycles. The lowest BCUT2D eigenvalue weighted by molar-refractivity contribution is -0.384. The Kier molecular flexibility index (Phi) is 10.0. The molecule has 49 heavy (non-hydrogen) atoms. The van der Waals surface area contributed by atoms with Crippen LogP contribution in [0.1, 0.15) is 24.0 Å². The van der Waals surface area contributed by atoms with Gasteiger partial charge in [0.05, 0.1) is 61.6 Å². The molecule has 1 aliphatic rings. The molecule has 5 rings (SSSR count). The highest BCUT2D eigenvalue weighted by molar-refractivity contribution is 7.07. The van der Waals surface area contributed by atoms with Gasteiger partial charge in [0.2, 0.25) is 0 Å².